The number of anilines is 1. The van der Waals surface area contributed by atoms with Crippen molar-refractivity contribution in [1.29, 1.82) is 0 Å². The van der Waals surface area contributed by atoms with E-state index in [4.69, 9.17) is 11.0 Å². The quantitative estimate of drug-likeness (QED) is 0.0151. The number of rotatable bonds is 11. The second kappa shape index (κ2) is 16.7. The van der Waals surface area contributed by atoms with Gasteiger partial charge in [0.15, 0.2) is 5.75 Å². The molecule has 0 heterocycles. The molecule has 0 atom stereocenters. The number of aryl methyl sites for hydroxylation is 1. The smallest absolute Gasteiger partial charge is 0.337 e. The van der Waals surface area contributed by atoms with E-state index in [9.17, 15) is 33.8 Å². The summed E-state index contributed by atoms with van der Waals surface area (Å²) in [5, 5.41) is 70.2. The number of nitrogens with two attached hydrogens (primary N) is 1. The summed E-state index contributed by atoms with van der Waals surface area (Å²) in [5.74, 6) is -2.07. The molecule has 1 radical (unpaired) electrons. The number of carboxylic acids is 1. The number of phenolic OH excluding ortho intramolecular Hbond substituents is 2. The van der Waals surface area contributed by atoms with Crippen molar-refractivity contribution < 1.29 is 65.5 Å². The molecule has 0 aliphatic carbocycles. The molecule has 0 saturated carbocycles. The molecule has 0 aromatic heterocycles. The second-order valence-corrected chi connectivity index (χ2v) is 13.4. The molecular formula is C34H27CuN7O10S2. The maximum Gasteiger partial charge on any atom is 0.337 e. The molecule has 6 rings (SSSR count). The fourth-order valence-electron chi connectivity index (χ4n) is 5.20. The zero-order valence-electron chi connectivity index (χ0n) is 27.4. The number of nitrogens with zero attached hydrogens (tertiary/aromatic N) is 6. The van der Waals surface area contributed by atoms with Crippen LogP contribution in [0, 0.1) is 6.92 Å². The monoisotopic (exact) mass is 820 g/mol. The van der Waals surface area contributed by atoms with Crippen molar-refractivity contribution in [2.45, 2.75) is 16.7 Å². The van der Waals surface area contributed by atoms with Gasteiger partial charge in [-0.05, 0) is 67.1 Å². The van der Waals surface area contributed by atoms with Gasteiger partial charge in [-0.1, -0.05) is 35.4 Å². The SMILES string of the molecule is Cc1cc(N=Nc2c(S(O)(O)O)cc3c(N)cccc3c2O)c(O)cc1N=Nc1ccc(N=Nc2ccccc2C(=O)O)c2cc(SOOO)ccc12.[Cu]. The summed E-state index contributed by atoms with van der Waals surface area (Å²) >= 11 is 0.716. The summed E-state index contributed by atoms with van der Waals surface area (Å²) in [6, 6.07) is 22.9. The van der Waals surface area contributed by atoms with Crippen LogP contribution in [0.2, 0.25) is 0 Å². The molecule has 0 aliphatic heterocycles. The predicted molar refractivity (Wildman–Crippen MR) is 197 cm³/mol. The van der Waals surface area contributed by atoms with Crippen molar-refractivity contribution in [2.24, 2.45) is 30.7 Å². The first-order chi connectivity index (χ1) is 25.3. The van der Waals surface area contributed by atoms with Crippen LogP contribution in [0.4, 0.5) is 39.8 Å². The summed E-state index contributed by atoms with van der Waals surface area (Å²) < 4.78 is 34.8. The topological polar surface area (TPSA) is 277 Å². The van der Waals surface area contributed by atoms with Crippen molar-refractivity contribution in [2.75, 3.05) is 5.73 Å². The number of carbonyl (C=O) groups is 1. The molecule has 20 heteroatoms. The van der Waals surface area contributed by atoms with Gasteiger partial charge in [0.05, 0.1) is 39.6 Å². The summed E-state index contributed by atoms with van der Waals surface area (Å²) in [6.07, 6.45) is 0. The van der Waals surface area contributed by atoms with E-state index in [-0.39, 0.29) is 61.9 Å². The largest absolute Gasteiger partial charge is 0.506 e. The van der Waals surface area contributed by atoms with E-state index in [1.165, 1.54) is 42.5 Å². The summed E-state index contributed by atoms with van der Waals surface area (Å²) in [7, 11) is -4.39. The van der Waals surface area contributed by atoms with Crippen LogP contribution < -0.4 is 5.73 Å². The number of hydrogen-bond acceptors (Lipinski definition) is 17. The van der Waals surface area contributed by atoms with Crippen molar-refractivity contribution in [1.82, 2.24) is 0 Å². The number of phenols is 2. The third kappa shape index (κ3) is 8.48. The Morgan fingerprint density at radius 1 is 0.704 bits per heavy atom. The Morgan fingerprint density at radius 2 is 1.37 bits per heavy atom. The van der Waals surface area contributed by atoms with Crippen molar-refractivity contribution in [3.63, 3.8) is 0 Å². The third-order valence-electron chi connectivity index (χ3n) is 7.74. The minimum Gasteiger partial charge on any atom is -0.506 e. The number of aromatic carboxylic acids is 1. The predicted octanol–water partition coefficient (Wildman–Crippen LogP) is 11.2. The van der Waals surface area contributed by atoms with Gasteiger partial charge in [-0.15, -0.1) is 29.9 Å². The number of aromatic hydroxyl groups is 2. The molecule has 281 valence electrons. The van der Waals surface area contributed by atoms with Gasteiger partial charge >= 0.3 is 5.97 Å². The van der Waals surface area contributed by atoms with Crippen LogP contribution in [0.3, 0.4) is 0 Å². The fourth-order valence-corrected chi connectivity index (χ4v) is 6.27. The normalized spacial score (nSPS) is 12.3. The van der Waals surface area contributed by atoms with E-state index in [2.05, 4.69) is 40.1 Å². The first kappa shape index (κ1) is 39.7. The molecule has 0 amide bonds. The standard InChI is InChI=1S/C34H27N7O10S2.Cu/c1-17-13-29(40-41-32-31(53(47,48)49)15-22-20(33(32)43)6-4-7-24(22)35)30(42)16-28(17)39-37-26-11-12-27(23-14-18(52-51-50-46)9-10-19(23)26)38-36-25-8-3-2-5-21(25)34(44)45;/h2-16,42-43,46-49H,35H2,1H3,(H,44,45);. The van der Waals surface area contributed by atoms with Crippen LogP contribution in [0.25, 0.3) is 21.5 Å². The van der Waals surface area contributed by atoms with Crippen LogP contribution in [0.15, 0.2) is 131 Å². The first-order valence-corrected chi connectivity index (χ1v) is 17.3. The van der Waals surface area contributed by atoms with Gasteiger partial charge in [0.25, 0.3) is 0 Å². The Hall–Kier alpha value is -5.51. The van der Waals surface area contributed by atoms with E-state index < -0.39 is 33.2 Å². The molecule has 0 spiro atoms. The van der Waals surface area contributed by atoms with Gasteiger partial charge in [0.2, 0.25) is 0 Å². The Morgan fingerprint density at radius 3 is 2.07 bits per heavy atom. The summed E-state index contributed by atoms with van der Waals surface area (Å²) in [6.45, 7) is 1.67. The number of benzene rings is 6. The number of nitrogen functional groups attached to an aromatic ring is 1. The Bertz CT molecular complexity index is 2500. The third-order valence-corrected chi connectivity index (χ3v) is 9.22. The average Bonchev–Trinajstić information content (AvgIpc) is 3.13. The molecule has 0 unspecified atom stereocenters. The van der Waals surface area contributed by atoms with Crippen molar-refractivity contribution in [3.05, 3.63) is 102 Å². The summed E-state index contributed by atoms with van der Waals surface area (Å²) in [4.78, 5) is 11.6. The molecule has 54 heavy (non-hydrogen) atoms. The molecule has 17 nitrogen and oxygen atoms in total. The minimum absolute atomic E-state index is 0. The van der Waals surface area contributed by atoms with Gasteiger partial charge in [0, 0.05) is 55.3 Å². The number of hydrogen-bond donors (Lipinski definition) is 8. The van der Waals surface area contributed by atoms with Crippen LogP contribution >= 0.6 is 22.9 Å². The Labute approximate surface area is 321 Å². The van der Waals surface area contributed by atoms with E-state index in [0.717, 1.165) is 0 Å². The van der Waals surface area contributed by atoms with Gasteiger partial charge < -0.3 is 34.7 Å². The average molecular weight is 821 g/mol. The second-order valence-electron chi connectivity index (χ2n) is 11.1. The maximum atomic E-state index is 11.6. The Balaban J connectivity index is 0.00000561. The molecule has 0 saturated heterocycles. The van der Waals surface area contributed by atoms with Gasteiger partial charge in [0.1, 0.15) is 33.7 Å². The van der Waals surface area contributed by atoms with E-state index in [0.29, 0.717) is 44.6 Å². The number of carboxylic acid groups (broad SMARTS) is 1. The van der Waals surface area contributed by atoms with Gasteiger partial charge in [-0.3, -0.25) is 0 Å². The van der Waals surface area contributed by atoms with Crippen LogP contribution in [0.5, 0.6) is 11.5 Å². The molecule has 6 aromatic rings. The van der Waals surface area contributed by atoms with E-state index >= 15 is 0 Å². The zero-order valence-corrected chi connectivity index (χ0v) is 30.0. The molecule has 0 fully saturated rings. The number of fused-ring (bicyclic) bond motifs is 2. The Kier molecular flexibility index (Phi) is 12.2. The molecule has 0 aliphatic rings. The first-order valence-electron chi connectivity index (χ1n) is 15.0. The zero-order chi connectivity index (χ0) is 37.9. The van der Waals surface area contributed by atoms with E-state index in [1.54, 1.807) is 55.5 Å². The van der Waals surface area contributed by atoms with E-state index in [1.807, 2.05) is 0 Å². The van der Waals surface area contributed by atoms with Crippen LogP contribution in [-0.2, 0) is 26.4 Å². The van der Waals surface area contributed by atoms with Crippen LogP contribution in [-0.4, -0.2) is 40.2 Å². The van der Waals surface area contributed by atoms with Crippen molar-refractivity contribution >= 4 is 90.2 Å². The van der Waals surface area contributed by atoms with Gasteiger partial charge in [-0.2, -0.15) is 5.11 Å². The molecular weight excluding hydrogens is 794 g/mol. The maximum absolute atomic E-state index is 11.6. The summed E-state index contributed by atoms with van der Waals surface area (Å²) in [5.41, 5.74) is 7.25. The molecule has 9 N–H and O–H groups in total. The number of azo groups is 3. The van der Waals surface area contributed by atoms with Gasteiger partial charge in [-0.25, -0.2) is 10.1 Å². The molecule has 0 bridgehead atoms. The molecule has 6 aromatic carbocycles. The fraction of sp³-hybridized carbons (Fsp3) is 0.0294. The van der Waals surface area contributed by atoms with Crippen LogP contribution in [0.1, 0.15) is 15.9 Å². The van der Waals surface area contributed by atoms with Crippen molar-refractivity contribution in [3.8, 4) is 11.5 Å². The minimum atomic E-state index is -4.39.